The van der Waals surface area contributed by atoms with Crippen LogP contribution < -0.4 is 0 Å². The molecule has 1 aliphatic carbocycles. The van der Waals surface area contributed by atoms with E-state index in [0.717, 1.165) is 31.2 Å². The summed E-state index contributed by atoms with van der Waals surface area (Å²) in [5.74, 6) is -0.632. The third-order valence-corrected chi connectivity index (χ3v) is 7.40. The lowest BCUT2D eigenvalue weighted by Gasteiger charge is -2.28. The minimum Gasteiger partial charge on any atom is -0.455 e. The summed E-state index contributed by atoms with van der Waals surface area (Å²) in [6, 6.07) is 9.25. The third-order valence-electron chi connectivity index (χ3n) is 5.65. The number of amides is 1. The SMILES string of the molecule is CN(C(=O)COC(=O)C1(c2ccccc2)CCCC1)[C@H]1CCS(=O)(=O)C1. The van der Waals surface area contributed by atoms with Crippen molar-refractivity contribution in [2.24, 2.45) is 0 Å². The van der Waals surface area contributed by atoms with Crippen LogP contribution in [0.15, 0.2) is 30.3 Å². The van der Waals surface area contributed by atoms with Gasteiger partial charge in [-0.05, 0) is 24.8 Å². The maximum Gasteiger partial charge on any atom is 0.317 e. The molecule has 1 aliphatic heterocycles. The van der Waals surface area contributed by atoms with E-state index in [1.807, 2.05) is 30.3 Å². The van der Waals surface area contributed by atoms with Gasteiger partial charge in [0.05, 0.1) is 16.9 Å². The average Bonchev–Trinajstić information content (AvgIpc) is 3.27. The van der Waals surface area contributed by atoms with Crippen LogP contribution in [0.4, 0.5) is 0 Å². The highest BCUT2D eigenvalue weighted by atomic mass is 32.2. The molecule has 2 aliphatic rings. The number of esters is 1. The molecule has 1 saturated carbocycles. The molecule has 0 aromatic heterocycles. The van der Waals surface area contributed by atoms with Crippen LogP contribution in [0.25, 0.3) is 0 Å². The van der Waals surface area contributed by atoms with E-state index in [1.54, 1.807) is 7.05 Å². The Morgan fingerprint density at radius 1 is 1.19 bits per heavy atom. The van der Waals surface area contributed by atoms with E-state index >= 15 is 0 Å². The number of benzene rings is 1. The number of carbonyl (C=O) groups is 2. The summed E-state index contributed by atoms with van der Waals surface area (Å²) in [6.07, 6.45) is 3.80. The largest absolute Gasteiger partial charge is 0.455 e. The molecule has 1 saturated heterocycles. The molecule has 0 radical (unpaired) electrons. The highest BCUT2D eigenvalue weighted by molar-refractivity contribution is 7.91. The number of hydrogen-bond donors (Lipinski definition) is 0. The fraction of sp³-hybridized carbons (Fsp3) is 0.579. The molecule has 1 aromatic rings. The lowest BCUT2D eigenvalue weighted by atomic mass is 9.79. The minimum absolute atomic E-state index is 0.0167. The van der Waals surface area contributed by atoms with Gasteiger partial charge in [0.15, 0.2) is 16.4 Å². The maximum atomic E-state index is 12.8. The third kappa shape index (κ3) is 3.77. The molecule has 0 spiro atoms. The Kier molecular flexibility index (Phi) is 5.37. The highest BCUT2D eigenvalue weighted by Gasteiger charge is 2.44. The molecule has 3 rings (SSSR count). The van der Waals surface area contributed by atoms with E-state index in [9.17, 15) is 18.0 Å². The molecule has 6 nitrogen and oxygen atoms in total. The first-order valence-corrected chi connectivity index (χ1v) is 10.8. The zero-order chi connectivity index (χ0) is 18.8. The summed E-state index contributed by atoms with van der Waals surface area (Å²) in [6.45, 7) is -0.347. The van der Waals surface area contributed by atoms with Gasteiger partial charge in [0.1, 0.15) is 0 Å². The van der Waals surface area contributed by atoms with E-state index in [-0.39, 0.29) is 36.0 Å². The predicted octanol–water partition coefficient (Wildman–Crippen LogP) is 1.69. The molecule has 142 valence electrons. The average molecular weight is 379 g/mol. The summed E-state index contributed by atoms with van der Waals surface area (Å²) in [7, 11) is -1.49. The first-order chi connectivity index (χ1) is 12.3. The van der Waals surface area contributed by atoms with Crippen LogP contribution in [0.5, 0.6) is 0 Å². The van der Waals surface area contributed by atoms with Gasteiger partial charge >= 0.3 is 5.97 Å². The topological polar surface area (TPSA) is 80.8 Å². The number of rotatable bonds is 5. The molecule has 1 atom stereocenters. The van der Waals surface area contributed by atoms with E-state index in [4.69, 9.17) is 4.74 Å². The van der Waals surface area contributed by atoms with Gasteiger partial charge < -0.3 is 9.64 Å². The van der Waals surface area contributed by atoms with Crippen molar-refractivity contribution >= 4 is 21.7 Å². The van der Waals surface area contributed by atoms with Crippen molar-refractivity contribution in [3.05, 3.63) is 35.9 Å². The summed E-state index contributed by atoms with van der Waals surface area (Å²) in [5, 5.41) is 0. The summed E-state index contributed by atoms with van der Waals surface area (Å²) >= 11 is 0. The summed E-state index contributed by atoms with van der Waals surface area (Å²) in [5.41, 5.74) is 0.266. The summed E-state index contributed by atoms with van der Waals surface area (Å²) < 4.78 is 28.6. The number of carbonyl (C=O) groups excluding carboxylic acids is 2. The zero-order valence-corrected chi connectivity index (χ0v) is 15.8. The van der Waals surface area contributed by atoms with Gasteiger partial charge in [0, 0.05) is 13.1 Å². The second-order valence-corrected chi connectivity index (χ2v) is 9.52. The number of nitrogens with zero attached hydrogens (tertiary/aromatic N) is 1. The molecule has 1 aromatic carbocycles. The van der Waals surface area contributed by atoms with Crippen molar-refractivity contribution in [3.63, 3.8) is 0 Å². The quantitative estimate of drug-likeness (QED) is 0.727. The lowest BCUT2D eigenvalue weighted by Crippen LogP contribution is -2.42. The van der Waals surface area contributed by atoms with E-state index in [0.29, 0.717) is 6.42 Å². The van der Waals surface area contributed by atoms with Gasteiger partial charge in [-0.1, -0.05) is 43.2 Å². The fourth-order valence-electron chi connectivity index (χ4n) is 4.00. The molecule has 1 amide bonds. The maximum absolute atomic E-state index is 12.8. The molecular formula is C19H25NO5S. The Morgan fingerprint density at radius 2 is 1.85 bits per heavy atom. The highest BCUT2D eigenvalue weighted by Crippen LogP contribution is 2.42. The van der Waals surface area contributed by atoms with Gasteiger partial charge in [-0.3, -0.25) is 9.59 Å². The fourth-order valence-corrected chi connectivity index (χ4v) is 5.77. The monoisotopic (exact) mass is 379 g/mol. The first-order valence-electron chi connectivity index (χ1n) is 9.03. The first kappa shape index (κ1) is 18.9. The van der Waals surface area contributed by atoms with Crippen molar-refractivity contribution in [2.45, 2.75) is 43.6 Å². The van der Waals surface area contributed by atoms with Crippen LogP contribution in [0.1, 0.15) is 37.7 Å². The smallest absolute Gasteiger partial charge is 0.317 e. The van der Waals surface area contributed by atoms with Crippen molar-refractivity contribution in [1.29, 1.82) is 0 Å². The Labute approximate surface area is 154 Å². The number of ether oxygens (including phenoxy) is 1. The van der Waals surface area contributed by atoms with Crippen molar-refractivity contribution < 1.29 is 22.7 Å². The Hall–Kier alpha value is -1.89. The second kappa shape index (κ2) is 7.39. The Balaban J connectivity index is 1.63. The molecular weight excluding hydrogens is 354 g/mol. The van der Waals surface area contributed by atoms with E-state index < -0.39 is 15.3 Å². The normalized spacial score (nSPS) is 23.5. The Bertz CT molecular complexity index is 768. The van der Waals surface area contributed by atoms with Gasteiger partial charge in [-0.25, -0.2) is 8.42 Å². The zero-order valence-electron chi connectivity index (χ0n) is 15.0. The van der Waals surface area contributed by atoms with Crippen LogP contribution in [0.3, 0.4) is 0 Å². The second-order valence-electron chi connectivity index (χ2n) is 7.29. The standard InChI is InChI=1S/C19H25NO5S/c1-20(16-9-12-26(23,24)14-16)17(21)13-25-18(22)19(10-5-6-11-19)15-7-3-2-4-8-15/h2-4,7-8,16H,5-6,9-14H2,1H3/t16-/m0/s1. The molecule has 0 unspecified atom stereocenters. The van der Waals surface area contributed by atoms with E-state index in [1.165, 1.54) is 4.90 Å². The molecule has 26 heavy (non-hydrogen) atoms. The molecule has 7 heteroatoms. The molecule has 0 bridgehead atoms. The van der Waals surface area contributed by atoms with Gasteiger partial charge in [-0.2, -0.15) is 0 Å². The van der Waals surface area contributed by atoms with Gasteiger partial charge in [0.2, 0.25) is 0 Å². The predicted molar refractivity (Wildman–Crippen MR) is 97.4 cm³/mol. The van der Waals surface area contributed by atoms with Crippen LogP contribution in [0.2, 0.25) is 0 Å². The van der Waals surface area contributed by atoms with E-state index in [2.05, 4.69) is 0 Å². The van der Waals surface area contributed by atoms with Crippen LogP contribution in [-0.2, 0) is 29.6 Å². The number of sulfone groups is 1. The Morgan fingerprint density at radius 3 is 2.42 bits per heavy atom. The van der Waals surface area contributed by atoms with Crippen molar-refractivity contribution in [2.75, 3.05) is 25.2 Å². The lowest BCUT2D eigenvalue weighted by molar-refractivity contribution is -0.157. The number of likely N-dealkylation sites (N-methyl/N-ethyl adjacent to an activating group) is 1. The van der Waals surface area contributed by atoms with Crippen molar-refractivity contribution in [1.82, 2.24) is 4.90 Å². The van der Waals surface area contributed by atoms with Crippen molar-refractivity contribution in [3.8, 4) is 0 Å². The molecule has 2 fully saturated rings. The summed E-state index contributed by atoms with van der Waals surface area (Å²) in [4.78, 5) is 26.6. The number of hydrogen-bond acceptors (Lipinski definition) is 5. The van der Waals surface area contributed by atoms with Crippen LogP contribution >= 0.6 is 0 Å². The van der Waals surface area contributed by atoms with Crippen LogP contribution in [-0.4, -0.2) is 56.4 Å². The van der Waals surface area contributed by atoms with Gasteiger partial charge in [-0.15, -0.1) is 0 Å². The van der Waals surface area contributed by atoms with Crippen LogP contribution in [0, 0.1) is 0 Å². The molecule has 0 N–H and O–H groups in total. The van der Waals surface area contributed by atoms with Gasteiger partial charge in [0.25, 0.3) is 5.91 Å². The minimum atomic E-state index is -3.07. The molecule has 1 heterocycles.